The molecule has 0 fully saturated rings. The van der Waals surface area contributed by atoms with Gasteiger partial charge in [0.25, 0.3) is 0 Å². The third kappa shape index (κ3) is 4.03. The smallest absolute Gasteiger partial charge is 0.165 e. The predicted molar refractivity (Wildman–Crippen MR) is 246 cm³/mol. The number of benzene rings is 9. The molecule has 59 heavy (non-hydrogen) atoms. The molecule has 5 heterocycles. The summed E-state index contributed by atoms with van der Waals surface area (Å²) in [6.07, 6.45) is 0. The summed E-state index contributed by atoms with van der Waals surface area (Å²) >= 11 is 0. The van der Waals surface area contributed by atoms with Gasteiger partial charge < -0.3 is 8.97 Å². The molecule has 0 amide bonds. The van der Waals surface area contributed by atoms with Crippen molar-refractivity contribution in [2.24, 2.45) is 0 Å². The Hall–Kier alpha value is -8.02. The molecule has 0 radical (unpaired) electrons. The number of aromatic nitrogens is 5. The first-order valence-corrected chi connectivity index (χ1v) is 20.2. The van der Waals surface area contributed by atoms with E-state index in [9.17, 15) is 0 Å². The van der Waals surface area contributed by atoms with E-state index in [0.29, 0.717) is 0 Å². The molecular weight excluding hydrogens is 719 g/mol. The molecule has 0 atom stereocenters. The van der Waals surface area contributed by atoms with Crippen LogP contribution in [0, 0.1) is 0 Å². The highest BCUT2D eigenvalue weighted by atomic mass is 15.1. The lowest BCUT2D eigenvalue weighted by Crippen LogP contribution is -2.03. The zero-order chi connectivity index (χ0) is 38.3. The van der Waals surface area contributed by atoms with Gasteiger partial charge >= 0.3 is 0 Å². The van der Waals surface area contributed by atoms with E-state index in [2.05, 4.69) is 196 Å². The molecule has 0 N–H and O–H groups in total. The summed E-state index contributed by atoms with van der Waals surface area (Å²) in [5, 5.41) is 12.3. The van der Waals surface area contributed by atoms with Gasteiger partial charge in [0.2, 0.25) is 0 Å². The van der Waals surface area contributed by atoms with Crippen molar-refractivity contribution in [1.82, 2.24) is 23.5 Å². The fraction of sp³-hybridized carbons (Fsp3) is 0. The first kappa shape index (κ1) is 31.1. The quantitative estimate of drug-likeness (QED) is 0.180. The maximum absolute atomic E-state index is 5.56. The minimum Gasteiger partial charge on any atom is -0.309 e. The van der Waals surface area contributed by atoms with Crippen LogP contribution in [0.1, 0.15) is 0 Å². The van der Waals surface area contributed by atoms with Crippen molar-refractivity contribution >= 4 is 104 Å². The Morgan fingerprint density at radius 2 is 0.966 bits per heavy atom. The lowest BCUT2D eigenvalue weighted by Gasteiger charge is -2.14. The second-order valence-electron chi connectivity index (χ2n) is 15.7. The van der Waals surface area contributed by atoms with E-state index in [-0.39, 0.29) is 0 Å². The minimum atomic E-state index is 0.813. The van der Waals surface area contributed by atoms with Crippen molar-refractivity contribution < 1.29 is 0 Å². The third-order valence-electron chi connectivity index (χ3n) is 12.7. The van der Waals surface area contributed by atoms with Crippen LogP contribution >= 0.6 is 0 Å². The normalized spacial score (nSPS) is 12.4. The number of fused-ring (bicyclic) bond motifs is 16. The van der Waals surface area contributed by atoms with Crippen LogP contribution in [-0.2, 0) is 0 Å². The molecule has 5 heteroatoms. The zero-order valence-electron chi connectivity index (χ0n) is 31.6. The first-order valence-electron chi connectivity index (χ1n) is 20.2. The van der Waals surface area contributed by atoms with Crippen molar-refractivity contribution in [1.29, 1.82) is 0 Å². The average Bonchev–Trinajstić information content (AvgIpc) is 4.02. The lowest BCUT2D eigenvalue weighted by molar-refractivity contribution is 1.08. The van der Waals surface area contributed by atoms with Gasteiger partial charge in [-0.15, -0.1) is 0 Å². The summed E-state index contributed by atoms with van der Waals surface area (Å²) in [5.74, 6) is 0.813. The highest BCUT2D eigenvalue weighted by Crippen LogP contribution is 2.48. The molecule has 0 saturated carbocycles. The van der Waals surface area contributed by atoms with E-state index in [1.165, 1.54) is 75.9 Å². The monoisotopic (exact) mass is 749 g/mol. The molecule has 0 spiro atoms. The number of para-hydroxylation sites is 6. The number of nitrogens with zero attached hydrogens (tertiary/aromatic N) is 5. The van der Waals surface area contributed by atoms with Crippen LogP contribution in [0.2, 0.25) is 0 Å². The summed E-state index contributed by atoms with van der Waals surface area (Å²) < 4.78 is 7.27. The summed E-state index contributed by atoms with van der Waals surface area (Å²) in [7, 11) is 0. The van der Waals surface area contributed by atoms with Crippen LogP contribution in [0.15, 0.2) is 188 Å². The highest BCUT2D eigenvalue weighted by molar-refractivity contribution is 6.37. The van der Waals surface area contributed by atoms with Gasteiger partial charge in [-0.2, -0.15) is 0 Å². The van der Waals surface area contributed by atoms with Crippen LogP contribution in [-0.4, -0.2) is 23.5 Å². The SMILES string of the molecule is c1ccc(-n2c3ccccc3c3cc(-c4nc5ccccc5nc4-n4c5ccccc5c5c6c7ccc8ccccc8c7n7c8ccccc8c(cc54)c67)ccc32)cc1. The molecule has 0 unspecified atom stereocenters. The molecule has 5 aromatic heterocycles. The van der Waals surface area contributed by atoms with Gasteiger partial charge in [-0.05, 0) is 66.0 Å². The third-order valence-corrected chi connectivity index (χ3v) is 12.7. The van der Waals surface area contributed by atoms with Gasteiger partial charge in [-0.3, -0.25) is 4.57 Å². The Kier molecular flexibility index (Phi) is 5.96. The van der Waals surface area contributed by atoms with Gasteiger partial charge in [-0.25, -0.2) is 9.97 Å². The van der Waals surface area contributed by atoms with Gasteiger partial charge in [0.1, 0.15) is 5.69 Å². The van der Waals surface area contributed by atoms with E-state index >= 15 is 0 Å². The molecule has 9 aromatic carbocycles. The van der Waals surface area contributed by atoms with Crippen molar-refractivity contribution in [2.45, 2.75) is 0 Å². The second kappa shape index (κ2) is 11.3. The van der Waals surface area contributed by atoms with Crippen molar-refractivity contribution in [3.05, 3.63) is 188 Å². The summed E-state index contributed by atoms with van der Waals surface area (Å²) in [6, 6.07) is 67.9. The number of hydrogen-bond donors (Lipinski definition) is 0. The van der Waals surface area contributed by atoms with Crippen LogP contribution in [0.4, 0.5) is 0 Å². The molecule has 0 saturated heterocycles. The van der Waals surface area contributed by atoms with E-state index < -0.39 is 0 Å². The maximum atomic E-state index is 5.56. The lowest BCUT2D eigenvalue weighted by atomic mass is 10.00. The van der Waals surface area contributed by atoms with Crippen LogP contribution < -0.4 is 0 Å². The van der Waals surface area contributed by atoms with Crippen molar-refractivity contribution in [2.75, 3.05) is 0 Å². The van der Waals surface area contributed by atoms with E-state index in [1.807, 2.05) is 6.07 Å². The van der Waals surface area contributed by atoms with Gasteiger partial charge in [0.05, 0.1) is 49.7 Å². The van der Waals surface area contributed by atoms with Gasteiger partial charge in [0, 0.05) is 59.7 Å². The predicted octanol–water partition coefficient (Wildman–Crippen LogP) is 13.8. The fourth-order valence-corrected chi connectivity index (χ4v) is 10.3. The topological polar surface area (TPSA) is 40.0 Å². The summed E-state index contributed by atoms with van der Waals surface area (Å²) in [4.78, 5) is 11.1. The Bertz CT molecular complexity index is 4070. The second-order valence-corrected chi connectivity index (χ2v) is 15.7. The average molecular weight is 750 g/mol. The number of hydrogen-bond acceptors (Lipinski definition) is 2. The van der Waals surface area contributed by atoms with Gasteiger partial charge in [-0.1, -0.05) is 127 Å². The Balaban J connectivity index is 1.15. The van der Waals surface area contributed by atoms with E-state index in [4.69, 9.17) is 9.97 Å². The summed E-state index contributed by atoms with van der Waals surface area (Å²) in [6.45, 7) is 0. The first-order chi connectivity index (χ1) is 29.3. The number of rotatable bonds is 3. The molecule has 0 aliphatic rings. The minimum absolute atomic E-state index is 0.813. The van der Waals surface area contributed by atoms with Crippen LogP contribution in [0.5, 0.6) is 0 Å². The Morgan fingerprint density at radius 3 is 1.78 bits per heavy atom. The van der Waals surface area contributed by atoms with Crippen LogP contribution in [0.25, 0.3) is 126 Å². The molecule has 0 aliphatic carbocycles. The van der Waals surface area contributed by atoms with Crippen molar-refractivity contribution in [3.63, 3.8) is 0 Å². The molecule has 14 rings (SSSR count). The highest BCUT2D eigenvalue weighted by Gasteiger charge is 2.27. The van der Waals surface area contributed by atoms with Crippen molar-refractivity contribution in [3.8, 4) is 22.8 Å². The van der Waals surface area contributed by atoms with E-state index in [1.54, 1.807) is 0 Å². The fourth-order valence-electron chi connectivity index (χ4n) is 10.3. The molecule has 0 aliphatic heterocycles. The van der Waals surface area contributed by atoms with E-state index in [0.717, 1.165) is 50.3 Å². The summed E-state index contributed by atoms with van der Waals surface area (Å²) in [5.41, 5.74) is 13.0. The molecule has 0 bridgehead atoms. The molecule has 272 valence electrons. The zero-order valence-corrected chi connectivity index (χ0v) is 31.6. The maximum Gasteiger partial charge on any atom is 0.165 e. The molecule has 14 aromatic rings. The van der Waals surface area contributed by atoms with Gasteiger partial charge in [0.15, 0.2) is 5.82 Å². The standard InChI is InChI=1S/C54H31N5/c1-2-15-34(16-3-1)57-44-23-11-6-18-36(44)40-30-33(27-29-47(40)57)51-54(56-43-22-10-9-21-42(43)55-51)58-46-25-13-8-20-38(46)49-48(58)31-41-37-19-7-12-24-45(37)59-52-35-17-5-4-14-32(35)26-28-39(52)50(49)53(41)59/h1-31H. The Morgan fingerprint density at radius 1 is 0.339 bits per heavy atom. The largest absolute Gasteiger partial charge is 0.309 e. The van der Waals surface area contributed by atoms with Crippen LogP contribution in [0.3, 0.4) is 0 Å². The Labute approximate surface area is 336 Å². The molecular formula is C54H31N5. The molecule has 5 nitrogen and oxygen atoms in total.